The first-order valence-corrected chi connectivity index (χ1v) is 13.0. The summed E-state index contributed by atoms with van der Waals surface area (Å²) in [6.07, 6.45) is 3.09. The molecule has 5 nitrogen and oxygen atoms in total. The van der Waals surface area contributed by atoms with Gasteiger partial charge in [0.2, 0.25) is 0 Å². The van der Waals surface area contributed by atoms with Crippen LogP contribution in [0.1, 0.15) is 47.3 Å². The van der Waals surface area contributed by atoms with Crippen LogP contribution < -0.4 is 9.62 Å². The topological polar surface area (TPSA) is 66.5 Å². The van der Waals surface area contributed by atoms with Gasteiger partial charge in [0.25, 0.3) is 15.9 Å². The number of fused-ring (bicyclic) bond motifs is 1. The third-order valence-corrected chi connectivity index (χ3v) is 8.27. The molecule has 3 aromatic rings. The monoisotopic (exact) mass is 482 g/mol. The molecule has 0 unspecified atom stereocenters. The predicted octanol–water partition coefficient (Wildman–Crippen LogP) is 5.86. The number of hydrogen-bond donors (Lipinski definition) is 1. The van der Waals surface area contributed by atoms with Crippen LogP contribution in [0.3, 0.4) is 0 Å². The number of benzene rings is 3. The third-order valence-electron chi connectivity index (χ3n) is 6.09. The molecule has 0 saturated carbocycles. The highest BCUT2D eigenvalue weighted by molar-refractivity contribution is 7.92. The number of aryl methyl sites for hydroxylation is 2. The number of halogens is 1. The predicted molar refractivity (Wildman–Crippen MR) is 134 cm³/mol. The van der Waals surface area contributed by atoms with Gasteiger partial charge in [-0.3, -0.25) is 9.10 Å². The molecule has 0 radical (unpaired) electrons. The van der Waals surface area contributed by atoms with Crippen molar-refractivity contribution in [2.75, 3.05) is 16.2 Å². The number of para-hydroxylation sites is 1. The van der Waals surface area contributed by atoms with Crippen molar-refractivity contribution in [1.29, 1.82) is 0 Å². The van der Waals surface area contributed by atoms with Crippen molar-refractivity contribution in [2.45, 2.75) is 44.4 Å². The van der Waals surface area contributed by atoms with Gasteiger partial charge in [-0.2, -0.15) is 0 Å². The first-order chi connectivity index (χ1) is 15.9. The Morgan fingerprint density at radius 1 is 1.00 bits per heavy atom. The van der Waals surface area contributed by atoms with Crippen LogP contribution in [-0.2, 0) is 29.3 Å². The van der Waals surface area contributed by atoms with E-state index in [-0.39, 0.29) is 10.8 Å². The molecular weight excluding hydrogens is 456 g/mol. The van der Waals surface area contributed by atoms with Gasteiger partial charge in [-0.25, -0.2) is 8.42 Å². The zero-order valence-corrected chi connectivity index (χ0v) is 20.3. The molecule has 1 aliphatic rings. The minimum Gasteiger partial charge on any atom is -0.321 e. The normalized spacial score (nSPS) is 13.5. The Bertz CT molecular complexity index is 1290. The Morgan fingerprint density at radius 2 is 1.73 bits per heavy atom. The molecule has 0 saturated heterocycles. The van der Waals surface area contributed by atoms with Gasteiger partial charge in [0.1, 0.15) is 0 Å². The molecule has 1 aliphatic heterocycles. The zero-order valence-electron chi connectivity index (χ0n) is 18.8. The number of amides is 1. The molecule has 33 heavy (non-hydrogen) atoms. The number of hydrogen-bond acceptors (Lipinski definition) is 3. The summed E-state index contributed by atoms with van der Waals surface area (Å²) < 4.78 is 28.1. The van der Waals surface area contributed by atoms with Crippen LogP contribution in [0.5, 0.6) is 0 Å². The van der Waals surface area contributed by atoms with Crippen molar-refractivity contribution >= 4 is 38.9 Å². The summed E-state index contributed by atoms with van der Waals surface area (Å²) in [5, 5.41) is 3.61. The van der Waals surface area contributed by atoms with Crippen LogP contribution in [-0.4, -0.2) is 20.9 Å². The molecule has 1 heterocycles. The van der Waals surface area contributed by atoms with E-state index < -0.39 is 10.0 Å². The van der Waals surface area contributed by atoms with Gasteiger partial charge in [-0.1, -0.05) is 49.7 Å². The van der Waals surface area contributed by atoms with Crippen molar-refractivity contribution in [1.82, 2.24) is 0 Å². The molecule has 0 atom stereocenters. The van der Waals surface area contributed by atoms with Gasteiger partial charge in [-0.05, 0) is 78.8 Å². The maximum atomic E-state index is 13.3. The van der Waals surface area contributed by atoms with Crippen molar-refractivity contribution in [3.63, 3.8) is 0 Å². The lowest BCUT2D eigenvalue weighted by Gasteiger charge is -2.30. The average Bonchev–Trinajstić information content (AvgIpc) is 2.84. The fourth-order valence-electron chi connectivity index (χ4n) is 4.31. The van der Waals surface area contributed by atoms with Crippen molar-refractivity contribution in [2.24, 2.45) is 0 Å². The average molecular weight is 483 g/mol. The summed E-state index contributed by atoms with van der Waals surface area (Å²) in [6, 6.07) is 17.5. The number of sulfonamides is 1. The summed E-state index contributed by atoms with van der Waals surface area (Å²) in [4.78, 5) is 13.1. The maximum Gasteiger partial charge on any atom is 0.264 e. The van der Waals surface area contributed by atoms with Crippen LogP contribution in [0.25, 0.3) is 0 Å². The Kier molecular flexibility index (Phi) is 6.77. The first kappa shape index (κ1) is 23.3. The van der Waals surface area contributed by atoms with E-state index in [1.165, 1.54) is 16.4 Å². The molecule has 172 valence electrons. The molecule has 4 rings (SSSR count). The summed E-state index contributed by atoms with van der Waals surface area (Å²) >= 11 is 6.35. The van der Waals surface area contributed by atoms with Gasteiger partial charge >= 0.3 is 0 Å². The summed E-state index contributed by atoms with van der Waals surface area (Å²) in [7, 11) is -3.72. The van der Waals surface area contributed by atoms with E-state index >= 15 is 0 Å². The van der Waals surface area contributed by atoms with Gasteiger partial charge in [-0.15, -0.1) is 0 Å². The molecule has 0 aromatic heterocycles. The van der Waals surface area contributed by atoms with E-state index in [2.05, 4.69) is 5.32 Å². The van der Waals surface area contributed by atoms with Crippen LogP contribution in [0.15, 0.2) is 65.6 Å². The summed E-state index contributed by atoms with van der Waals surface area (Å²) in [5.41, 5.74) is 4.78. The van der Waals surface area contributed by atoms with Gasteiger partial charge in [0.15, 0.2) is 0 Å². The minimum atomic E-state index is -3.72. The Labute approximate surface area is 200 Å². The Hall–Kier alpha value is -2.83. The van der Waals surface area contributed by atoms with E-state index in [1.54, 1.807) is 12.1 Å². The molecule has 1 N–H and O–H groups in total. The van der Waals surface area contributed by atoms with Crippen molar-refractivity contribution in [3.05, 3.63) is 87.9 Å². The largest absolute Gasteiger partial charge is 0.321 e. The lowest BCUT2D eigenvalue weighted by Crippen LogP contribution is -2.35. The van der Waals surface area contributed by atoms with Crippen LogP contribution in [0.4, 0.5) is 11.4 Å². The van der Waals surface area contributed by atoms with Gasteiger partial charge in [0, 0.05) is 22.8 Å². The molecule has 0 aliphatic carbocycles. The highest BCUT2D eigenvalue weighted by Crippen LogP contribution is 2.32. The quantitative estimate of drug-likeness (QED) is 0.478. The van der Waals surface area contributed by atoms with Crippen LogP contribution >= 0.6 is 11.6 Å². The zero-order chi connectivity index (χ0) is 23.6. The second-order valence-electron chi connectivity index (χ2n) is 8.06. The maximum absolute atomic E-state index is 13.3. The molecule has 0 spiro atoms. The van der Waals surface area contributed by atoms with Crippen molar-refractivity contribution < 1.29 is 13.2 Å². The van der Waals surface area contributed by atoms with Crippen LogP contribution in [0.2, 0.25) is 5.02 Å². The highest BCUT2D eigenvalue weighted by Gasteiger charge is 2.29. The van der Waals surface area contributed by atoms with E-state index in [4.69, 9.17) is 11.6 Å². The highest BCUT2D eigenvalue weighted by atomic mass is 35.5. The summed E-state index contributed by atoms with van der Waals surface area (Å²) in [6.45, 7) is 4.46. The minimum absolute atomic E-state index is 0.169. The standard InChI is InChI=1S/C26H27ClN2O3S/c1-3-18-13-16-23(27)22(4-2)25(18)28-26(30)20-11-14-21(15-12-20)33(31,32)29-17-7-9-19-8-5-6-10-24(19)29/h5-6,8,10-16H,3-4,7,9,17H2,1-2H3,(H,28,30). The van der Waals surface area contributed by atoms with Crippen LogP contribution in [0, 0.1) is 0 Å². The Balaban J connectivity index is 1.60. The second kappa shape index (κ2) is 9.57. The van der Waals surface area contributed by atoms with Gasteiger partial charge < -0.3 is 5.32 Å². The number of nitrogens with zero attached hydrogens (tertiary/aromatic N) is 1. The molecule has 0 fully saturated rings. The Morgan fingerprint density at radius 3 is 2.42 bits per heavy atom. The number of nitrogens with one attached hydrogen (secondary N) is 1. The third kappa shape index (κ3) is 4.50. The number of rotatable bonds is 6. The lowest BCUT2D eigenvalue weighted by atomic mass is 10.0. The fourth-order valence-corrected chi connectivity index (χ4v) is 6.14. The first-order valence-electron chi connectivity index (χ1n) is 11.2. The molecule has 3 aromatic carbocycles. The second-order valence-corrected chi connectivity index (χ2v) is 10.3. The molecular formula is C26H27ClN2O3S. The van der Waals surface area contributed by atoms with E-state index in [0.717, 1.165) is 47.3 Å². The lowest BCUT2D eigenvalue weighted by molar-refractivity contribution is 0.102. The smallest absolute Gasteiger partial charge is 0.264 e. The van der Waals surface area contributed by atoms with Gasteiger partial charge in [0.05, 0.1) is 10.6 Å². The molecule has 7 heteroatoms. The summed E-state index contributed by atoms with van der Waals surface area (Å²) in [5.74, 6) is -0.297. The molecule has 1 amide bonds. The van der Waals surface area contributed by atoms with E-state index in [9.17, 15) is 13.2 Å². The van der Waals surface area contributed by atoms with E-state index in [1.807, 2.05) is 50.2 Å². The number of carbonyl (C=O) groups excluding carboxylic acids is 1. The SMILES string of the molecule is CCc1ccc(Cl)c(CC)c1NC(=O)c1ccc(S(=O)(=O)N2CCCc3ccccc32)cc1. The number of carbonyl (C=O) groups is 1. The number of anilines is 2. The van der Waals surface area contributed by atoms with Crippen molar-refractivity contribution in [3.8, 4) is 0 Å². The van der Waals surface area contributed by atoms with E-state index in [0.29, 0.717) is 23.6 Å². The molecule has 0 bridgehead atoms. The fraction of sp³-hybridized carbons (Fsp3) is 0.269.